The lowest BCUT2D eigenvalue weighted by Crippen LogP contribution is -2.09. The van der Waals surface area contributed by atoms with E-state index < -0.39 is 0 Å². The Bertz CT molecular complexity index is 2810. The molecule has 11 rings (SSSR count). The number of hydrogen-bond donors (Lipinski definition) is 0. The van der Waals surface area contributed by atoms with Crippen molar-refractivity contribution < 1.29 is 0 Å². The van der Waals surface area contributed by atoms with Crippen LogP contribution in [0.2, 0.25) is 0 Å². The van der Waals surface area contributed by atoms with Crippen LogP contribution in [-0.4, -0.2) is 4.98 Å². The van der Waals surface area contributed by atoms with Crippen LogP contribution >= 0.6 is 0 Å². The molecule has 0 spiro atoms. The Hall–Kier alpha value is -5.79. The number of aryl methyl sites for hydroxylation is 2. The Morgan fingerprint density at radius 1 is 0.469 bits per heavy atom. The van der Waals surface area contributed by atoms with E-state index in [0.717, 1.165) is 17.6 Å². The summed E-state index contributed by atoms with van der Waals surface area (Å²) in [7, 11) is 0. The van der Waals surface area contributed by atoms with Crippen LogP contribution in [0.5, 0.6) is 0 Å². The lowest BCUT2D eigenvalue weighted by molar-refractivity contribution is 0.797. The van der Waals surface area contributed by atoms with Gasteiger partial charge in [0.25, 0.3) is 0 Å². The van der Waals surface area contributed by atoms with Gasteiger partial charge in [-0.15, -0.1) is 0 Å². The standard InChI is InChI=1S/C48H33N/c1-27-11-6-8-17-33(27)36-24-38-39(25-37(36)34-18-9-7-12-28(34)2)41-26-40(38)45-42-23-32-20-19-29-15-10-16-30-21-22-35(44(32)43(29)30)48(42)49-47(46(41)45)31-13-4-3-5-14-31/h3-25,40-41H,26H2,1-2H3. The van der Waals surface area contributed by atoms with E-state index in [0.29, 0.717) is 11.8 Å². The molecule has 0 radical (unpaired) electrons. The van der Waals surface area contributed by atoms with Crippen molar-refractivity contribution in [3.63, 3.8) is 0 Å². The highest BCUT2D eigenvalue weighted by Crippen LogP contribution is 2.62. The average Bonchev–Trinajstić information content (AvgIpc) is 3.71. The fraction of sp³-hybridized carbons (Fsp3) is 0.104. The van der Waals surface area contributed by atoms with E-state index >= 15 is 0 Å². The van der Waals surface area contributed by atoms with Crippen LogP contribution in [0.4, 0.5) is 0 Å². The van der Waals surface area contributed by atoms with E-state index in [1.807, 2.05) is 0 Å². The number of hydrogen-bond acceptors (Lipinski definition) is 1. The molecular formula is C48H33N. The van der Waals surface area contributed by atoms with Crippen molar-refractivity contribution in [1.82, 2.24) is 4.98 Å². The summed E-state index contributed by atoms with van der Waals surface area (Å²) >= 11 is 0. The van der Waals surface area contributed by atoms with Crippen LogP contribution in [0.1, 0.15) is 51.6 Å². The number of fused-ring (bicyclic) bond motifs is 11. The van der Waals surface area contributed by atoms with Crippen molar-refractivity contribution in [2.24, 2.45) is 0 Å². The zero-order valence-electron chi connectivity index (χ0n) is 27.6. The van der Waals surface area contributed by atoms with Gasteiger partial charge in [-0.3, -0.25) is 0 Å². The number of nitrogens with zero attached hydrogens (tertiary/aromatic N) is 1. The highest BCUT2D eigenvalue weighted by Gasteiger charge is 2.45. The van der Waals surface area contributed by atoms with E-state index in [1.165, 1.54) is 98.9 Å². The lowest BCUT2D eigenvalue weighted by atomic mass is 9.78. The highest BCUT2D eigenvalue weighted by atomic mass is 14.7. The third-order valence-corrected chi connectivity index (χ3v) is 11.7. The summed E-state index contributed by atoms with van der Waals surface area (Å²) in [6.07, 6.45) is 1.10. The molecule has 230 valence electrons. The topological polar surface area (TPSA) is 12.9 Å². The molecule has 2 aliphatic carbocycles. The van der Waals surface area contributed by atoms with Crippen molar-refractivity contribution in [3.05, 3.63) is 173 Å². The monoisotopic (exact) mass is 623 g/mol. The highest BCUT2D eigenvalue weighted by molar-refractivity contribution is 6.28. The molecule has 1 aromatic heterocycles. The van der Waals surface area contributed by atoms with Gasteiger partial charge in [-0.2, -0.15) is 0 Å². The Morgan fingerprint density at radius 3 is 1.73 bits per heavy atom. The summed E-state index contributed by atoms with van der Waals surface area (Å²) in [6, 6.07) is 52.1. The molecule has 0 saturated heterocycles. The molecule has 2 bridgehead atoms. The molecular weight excluding hydrogens is 591 g/mol. The van der Waals surface area contributed by atoms with E-state index in [-0.39, 0.29) is 0 Å². The molecule has 2 aliphatic rings. The average molecular weight is 624 g/mol. The second-order valence-electron chi connectivity index (χ2n) is 14.3. The first-order chi connectivity index (χ1) is 24.1. The van der Waals surface area contributed by atoms with Crippen molar-refractivity contribution in [1.29, 1.82) is 0 Å². The van der Waals surface area contributed by atoms with E-state index in [9.17, 15) is 0 Å². The SMILES string of the molecule is Cc1ccccc1-c1cc2c(cc1-c1ccccc1C)C1CC2c2c(-c3ccccc3)nc3c(cc4ccc5cccc6ccc3c4c56)c21. The summed E-state index contributed by atoms with van der Waals surface area (Å²) in [4.78, 5) is 5.69. The zero-order valence-corrected chi connectivity index (χ0v) is 27.6. The molecule has 1 nitrogen and oxygen atoms in total. The molecule has 1 heterocycles. The van der Waals surface area contributed by atoms with Crippen molar-refractivity contribution >= 4 is 43.2 Å². The molecule has 0 fully saturated rings. The molecule has 9 aromatic rings. The molecule has 49 heavy (non-hydrogen) atoms. The van der Waals surface area contributed by atoms with E-state index in [2.05, 4.69) is 153 Å². The maximum Gasteiger partial charge on any atom is 0.0791 e. The molecule has 0 saturated carbocycles. The van der Waals surface area contributed by atoms with Gasteiger partial charge >= 0.3 is 0 Å². The largest absolute Gasteiger partial charge is 0.247 e. The minimum absolute atomic E-state index is 0.307. The molecule has 0 N–H and O–H groups in total. The van der Waals surface area contributed by atoms with Crippen LogP contribution < -0.4 is 0 Å². The molecule has 0 aliphatic heterocycles. The first-order valence-corrected chi connectivity index (χ1v) is 17.5. The van der Waals surface area contributed by atoms with Crippen LogP contribution in [-0.2, 0) is 0 Å². The van der Waals surface area contributed by atoms with Crippen molar-refractivity contribution in [2.75, 3.05) is 0 Å². The Kier molecular flexibility index (Phi) is 5.48. The van der Waals surface area contributed by atoms with Gasteiger partial charge in [0.15, 0.2) is 0 Å². The molecule has 1 heteroatoms. The Balaban J connectivity index is 1.24. The second kappa shape index (κ2) is 9.87. The van der Waals surface area contributed by atoms with Crippen LogP contribution in [0.15, 0.2) is 140 Å². The van der Waals surface area contributed by atoms with Gasteiger partial charge in [0, 0.05) is 28.2 Å². The van der Waals surface area contributed by atoms with Crippen molar-refractivity contribution in [2.45, 2.75) is 32.1 Å². The first kappa shape index (κ1) is 27.2. The van der Waals surface area contributed by atoms with Gasteiger partial charge in [-0.25, -0.2) is 4.98 Å². The molecule has 8 aromatic carbocycles. The lowest BCUT2D eigenvalue weighted by Gasteiger charge is -2.27. The van der Waals surface area contributed by atoms with Crippen LogP contribution in [0, 0.1) is 13.8 Å². The summed E-state index contributed by atoms with van der Waals surface area (Å²) in [5.41, 5.74) is 17.3. The maximum atomic E-state index is 5.69. The van der Waals surface area contributed by atoms with Gasteiger partial charge in [0.2, 0.25) is 0 Å². The predicted octanol–water partition coefficient (Wildman–Crippen LogP) is 12.7. The third kappa shape index (κ3) is 3.68. The number of pyridine rings is 1. The predicted molar refractivity (Wildman–Crippen MR) is 206 cm³/mol. The smallest absolute Gasteiger partial charge is 0.0791 e. The van der Waals surface area contributed by atoms with E-state index in [1.54, 1.807) is 0 Å². The maximum absolute atomic E-state index is 5.69. The summed E-state index contributed by atoms with van der Waals surface area (Å²) < 4.78 is 0. The van der Waals surface area contributed by atoms with Gasteiger partial charge in [0.05, 0.1) is 11.2 Å². The number of aromatic nitrogens is 1. The fourth-order valence-electron chi connectivity index (χ4n) is 9.58. The molecule has 2 unspecified atom stereocenters. The summed E-state index contributed by atoms with van der Waals surface area (Å²) in [6.45, 7) is 4.49. The summed E-state index contributed by atoms with van der Waals surface area (Å²) in [5.74, 6) is 0.631. The van der Waals surface area contributed by atoms with Crippen molar-refractivity contribution in [3.8, 4) is 33.5 Å². The fourth-order valence-corrected chi connectivity index (χ4v) is 9.58. The minimum atomic E-state index is 0.307. The third-order valence-electron chi connectivity index (χ3n) is 11.7. The first-order valence-electron chi connectivity index (χ1n) is 17.5. The van der Waals surface area contributed by atoms with E-state index in [4.69, 9.17) is 4.98 Å². The van der Waals surface area contributed by atoms with Crippen LogP contribution in [0.3, 0.4) is 0 Å². The Morgan fingerprint density at radius 2 is 1.06 bits per heavy atom. The van der Waals surface area contributed by atoms with Gasteiger partial charge < -0.3 is 0 Å². The second-order valence-corrected chi connectivity index (χ2v) is 14.3. The number of benzene rings is 8. The van der Waals surface area contributed by atoms with Gasteiger partial charge in [-0.05, 0) is 121 Å². The molecule has 0 amide bonds. The summed E-state index contributed by atoms with van der Waals surface area (Å²) in [5, 5.41) is 9.15. The quantitative estimate of drug-likeness (QED) is 0.141. The minimum Gasteiger partial charge on any atom is -0.247 e. The molecule has 2 atom stereocenters. The van der Waals surface area contributed by atoms with Gasteiger partial charge in [0.1, 0.15) is 0 Å². The normalized spacial score (nSPS) is 16.3. The van der Waals surface area contributed by atoms with Crippen LogP contribution in [0.25, 0.3) is 76.7 Å². The van der Waals surface area contributed by atoms with Gasteiger partial charge in [-0.1, -0.05) is 121 Å². The number of rotatable bonds is 3. The zero-order chi connectivity index (χ0) is 32.4. The Labute approximate surface area is 285 Å².